The minimum Gasteiger partial charge on any atom is -0.507 e. The number of allylic oxidation sites excluding steroid dienone is 2. The van der Waals surface area contributed by atoms with Crippen LogP contribution in [0, 0.1) is 25.7 Å². The first kappa shape index (κ1) is 25.8. The van der Waals surface area contributed by atoms with E-state index in [-0.39, 0.29) is 58.4 Å². The monoisotopic (exact) mass is 514 g/mol. The van der Waals surface area contributed by atoms with Gasteiger partial charge in [-0.2, -0.15) is 8.42 Å². The Labute approximate surface area is 211 Å². The zero-order valence-electron chi connectivity index (χ0n) is 20.8. The molecule has 8 nitrogen and oxygen atoms in total. The number of fused-ring (bicyclic) bond motifs is 1. The molecule has 1 N–H and O–H groups in total. The molecule has 192 valence electrons. The Morgan fingerprint density at radius 3 is 2.50 bits per heavy atom. The first-order valence-electron chi connectivity index (χ1n) is 11.8. The average molecular weight is 515 g/mol. The van der Waals surface area contributed by atoms with Crippen molar-refractivity contribution >= 4 is 22.1 Å². The fourth-order valence-corrected chi connectivity index (χ4v) is 6.02. The lowest BCUT2D eigenvalue weighted by molar-refractivity contribution is -0.146. The predicted octanol–water partition coefficient (Wildman–Crippen LogP) is 4.53. The molecule has 36 heavy (non-hydrogen) atoms. The number of cyclic esters (lactones) is 1. The maximum absolute atomic E-state index is 13.1. The topological polar surface area (TPSA) is 116 Å². The van der Waals surface area contributed by atoms with Gasteiger partial charge in [-0.1, -0.05) is 35.8 Å². The Morgan fingerprint density at radius 2 is 1.83 bits per heavy atom. The first-order valence-corrected chi connectivity index (χ1v) is 13.3. The maximum atomic E-state index is 13.1. The maximum Gasteiger partial charge on any atom is 0.342 e. The van der Waals surface area contributed by atoms with Gasteiger partial charge in [0.25, 0.3) is 0 Å². The van der Waals surface area contributed by atoms with Crippen LogP contribution in [0.4, 0.5) is 0 Å². The summed E-state index contributed by atoms with van der Waals surface area (Å²) < 4.78 is 41.9. The lowest BCUT2D eigenvalue weighted by atomic mass is 9.88. The zero-order valence-corrected chi connectivity index (χ0v) is 21.6. The van der Waals surface area contributed by atoms with Gasteiger partial charge in [-0.15, -0.1) is 0 Å². The number of aromatic hydroxyl groups is 1. The van der Waals surface area contributed by atoms with Gasteiger partial charge >= 0.3 is 22.1 Å². The van der Waals surface area contributed by atoms with Crippen molar-refractivity contribution in [3.8, 4) is 11.5 Å². The highest BCUT2D eigenvalue weighted by Gasteiger charge is 2.36. The number of carbonyl (C=O) groups excluding carboxylic acids is 2. The Hall–Kier alpha value is -3.33. The molecule has 0 radical (unpaired) electrons. The third kappa shape index (κ3) is 4.72. The van der Waals surface area contributed by atoms with Crippen molar-refractivity contribution in [2.45, 2.75) is 58.0 Å². The van der Waals surface area contributed by atoms with Crippen molar-refractivity contribution in [3.05, 3.63) is 63.7 Å². The predicted molar refractivity (Wildman–Crippen MR) is 131 cm³/mol. The van der Waals surface area contributed by atoms with Crippen LogP contribution in [0.2, 0.25) is 0 Å². The molecular formula is C27H30O8S. The van der Waals surface area contributed by atoms with E-state index in [1.807, 2.05) is 19.9 Å². The number of esters is 2. The van der Waals surface area contributed by atoms with Crippen molar-refractivity contribution < 1.29 is 36.8 Å². The van der Waals surface area contributed by atoms with E-state index in [0.29, 0.717) is 11.1 Å². The summed E-state index contributed by atoms with van der Waals surface area (Å²) in [7, 11) is -2.93. The normalized spacial score (nSPS) is 19.7. The highest BCUT2D eigenvalue weighted by atomic mass is 32.2. The van der Waals surface area contributed by atoms with Crippen molar-refractivity contribution in [1.82, 2.24) is 0 Å². The number of aryl methyl sites for hydroxylation is 1. The molecule has 0 bridgehead atoms. The van der Waals surface area contributed by atoms with Gasteiger partial charge in [-0.25, -0.2) is 4.79 Å². The molecule has 1 heterocycles. The molecule has 0 saturated heterocycles. The second-order valence-corrected chi connectivity index (χ2v) is 10.9. The summed E-state index contributed by atoms with van der Waals surface area (Å²) in [5.74, 6) is -1.59. The number of methoxy groups -OCH3 is 1. The highest BCUT2D eigenvalue weighted by Crippen LogP contribution is 2.44. The van der Waals surface area contributed by atoms with E-state index in [1.165, 1.54) is 19.2 Å². The Morgan fingerprint density at radius 1 is 1.17 bits per heavy atom. The number of hydrogen-bond donors (Lipinski definition) is 1. The fraction of sp³-hybridized carbons (Fsp3) is 0.407. The number of benzene rings is 2. The van der Waals surface area contributed by atoms with E-state index in [9.17, 15) is 23.1 Å². The van der Waals surface area contributed by atoms with Crippen molar-refractivity contribution in [3.63, 3.8) is 0 Å². The molecule has 2 aromatic carbocycles. The Bertz CT molecular complexity index is 1340. The van der Waals surface area contributed by atoms with Gasteiger partial charge in [0, 0.05) is 11.1 Å². The van der Waals surface area contributed by atoms with Crippen LogP contribution in [-0.4, -0.2) is 32.6 Å². The van der Waals surface area contributed by atoms with Crippen LogP contribution in [0.15, 0.2) is 40.8 Å². The third-order valence-corrected chi connectivity index (χ3v) is 8.42. The third-order valence-electron chi connectivity index (χ3n) is 7.18. The van der Waals surface area contributed by atoms with Gasteiger partial charge in [0.2, 0.25) is 0 Å². The molecule has 0 aromatic heterocycles. The van der Waals surface area contributed by atoms with Gasteiger partial charge in [0.05, 0.1) is 13.0 Å². The number of phenolic OH excluding ortho intramolecular Hbond substituents is 1. The van der Waals surface area contributed by atoms with E-state index in [4.69, 9.17) is 13.7 Å². The van der Waals surface area contributed by atoms with Gasteiger partial charge in [-0.05, 0) is 63.6 Å². The summed E-state index contributed by atoms with van der Waals surface area (Å²) in [4.78, 5) is 24.8. The van der Waals surface area contributed by atoms with E-state index < -0.39 is 16.1 Å². The molecule has 0 amide bonds. The molecule has 1 aliphatic heterocycles. The summed E-state index contributed by atoms with van der Waals surface area (Å²) in [6.45, 7) is 5.31. The van der Waals surface area contributed by atoms with Crippen LogP contribution in [-0.2, 0) is 37.4 Å². The molecule has 0 spiro atoms. The van der Waals surface area contributed by atoms with Crippen molar-refractivity contribution in [2.24, 2.45) is 11.8 Å². The Balaban J connectivity index is 1.76. The van der Waals surface area contributed by atoms with Crippen molar-refractivity contribution in [1.29, 1.82) is 0 Å². The van der Waals surface area contributed by atoms with Crippen LogP contribution < -0.4 is 4.18 Å². The minimum atomic E-state index is -4.31. The quantitative estimate of drug-likeness (QED) is 0.326. The van der Waals surface area contributed by atoms with Gasteiger partial charge in [0.1, 0.15) is 22.8 Å². The second-order valence-electron chi connectivity index (χ2n) is 9.38. The first-order chi connectivity index (χ1) is 17.0. The SMILES string of the molecule is COC(=O)C1CCCC1C(C)=CCc1c(O)c(C)c2c(c1OS(=O)(=O)c1ccc(C)cc1)C(=O)OC2. The summed E-state index contributed by atoms with van der Waals surface area (Å²) >= 11 is 0. The summed E-state index contributed by atoms with van der Waals surface area (Å²) in [6, 6.07) is 6.14. The van der Waals surface area contributed by atoms with E-state index in [2.05, 4.69) is 0 Å². The summed E-state index contributed by atoms with van der Waals surface area (Å²) in [5, 5.41) is 11.0. The molecule has 1 saturated carbocycles. The van der Waals surface area contributed by atoms with Crippen LogP contribution >= 0.6 is 0 Å². The van der Waals surface area contributed by atoms with E-state index in [0.717, 1.165) is 30.4 Å². The molecule has 1 aliphatic carbocycles. The van der Waals surface area contributed by atoms with Gasteiger partial charge in [0.15, 0.2) is 5.75 Å². The molecule has 2 unspecified atom stereocenters. The van der Waals surface area contributed by atoms with Crippen LogP contribution in [0.3, 0.4) is 0 Å². The number of hydrogen-bond acceptors (Lipinski definition) is 8. The molecule has 2 aliphatic rings. The van der Waals surface area contributed by atoms with Crippen LogP contribution in [0.25, 0.3) is 0 Å². The number of rotatable bonds is 7. The summed E-state index contributed by atoms with van der Waals surface area (Å²) in [5.41, 5.74) is 2.83. The molecule has 4 rings (SSSR count). The number of phenols is 1. The molecular weight excluding hydrogens is 484 g/mol. The van der Waals surface area contributed by atoms with E-state index in [1.54, 1.807) is 19.1 Å². The fourth-order valence-electron chi connectivity index (χ4n) is 5.06. The number of ether oxygens (including phenoxy) is 2. The zero-order chi connectivity index (χ0) is 26.2. The second kappa shape index (κ2) is 9.97. The summed E-state index contributed by atoms with van der Waals surface area (Å²) in [6.07, 6.45) is 4.41. The standard InChI is InChI=1S/C27H30O8S/c1-15-8-11-18(12-9-15)36(31,32)35-25-21(24(28)17(3)22-14-34-27(30)23(22)25)13-10-16(2)19-6-5-7-20(19)26(29)33-4/h8-12,19-20,28H,5-7,13-14H2,1-4H3. The largest absolute Gasteiger partial charge is 0.507 e. The van der Waals surface area contributed by atoms with Crippen molar-refractivity contribution in [2.75, 3.05) is 7.11 Å². The minimum absolute atomic E-state index is 0.00958. The lowest BCUT2D eigenvalue weighted by Crippen LogP contribution is -2.21. The average Bonchev–Trinajstić information content (AvgIpc) is 3.49. The number of carbonyl (C=O) groups is 2. The molecule has 2 aromatic rings. The lowest BCUT2D eigenvalue weighted by Gasteiger charge is -2.20. The molecule has 2 atom stereocenters. The van der Waals surface area contributed by atoms with Crippen LogP contribution in [0.5, 0.6) is 11.5 Å². The van der Waals surface area contributed by atoms with Gasteiger partial charge in [-0.3, -0.25) is 4.79 Å². The Kier molecular flexibility index (Phi) is 7.13. The van der Waals surface area contributed by atoms with Gasteiger partial charge < -0.3 is 18.8 Å². The highest BCUT2D eigenvalue weighted by molar-refractivity contribution is 7.87. The van der Waals surface area contributed by atoms with E-state index >= 15 is 0 Å². The smallest absolute Gasteiger partial charge is 0.342 e. The van der Waals surface area contributed by atoms with Crippen LogP contribution in [0.1, 0.15) is 58.8 Å². The molecule has 1 fully saturated rings. The molecule has 9 heteroatoms.